The highest BCUT2D eigenvalue weighted by atomic mass is 19.2. The fourth-order valence-electron chi connectivity index (χ4n) is 3.34. The van der Waals surface area contributed by atoms with Crippen LogP contribution in [0.1, 0.15) is 29.8 Å². The van der Waals surface area contributed by atoms with Crippen molar-refractivity contribution >= 4 is 18.2 Å². The Morgan fingerprint density at radius 3 is 2.38 bits per heavy atom. The van der Waals surface area contributed by atoms with E-state index < -0.39 is 11.6 Å². The molecule has 1 aromatic rings. The molecule has 0 amide bonds. The average Bonchev–Trinajstić information content (AvgIpc) is 2.62. The van der Waals surface area contributed by atoms with Crippen LogP contribution in [0.25, 0.3) is 0 Å². The van der Waals surface area contributed by atoms with Gasteiger partial charge in [0.15, 0.2) is 17.9 Å². The minimum Gasteiger partial charge on any atom is -0.378 e. The molecule has 3 rings (SSSR count). The van der Waals surface area contributed by atoms with Crippen LogP contribution < -0.4 is 4.90 Å². The minimum atomic E-state index is -1.03. The number of benzene rings is 1. The van der Waals surface area contributed by atoms with Gasteiger partial charge in [0.05, 0.1) is 50.4 Å². The molecule has 8 heteroatoms. The number of nitrogens with zero attached hydrogens (tertiary/aromatic N) is 3. The minimum absolute atomic E-state index is 0.0111. The lowest BCUT2D eigenvalue weighted by Gasteiger charge is -2.37. The van der Waals surface area contributed by atoms with E-state index in [1.54, 1.807) is 9.91 Å². The summed E-state index contributed by atoms with van der Waals surface area (Å²) in [5, 5.41) is 5.89. The largest absolute Gasteiger partial charge is 0.378 e. The third-order valence-electron chi connectivity index (χ3n) is 4.45. The van der Waals surface area contributed by atoms with Gasteiger partial charge >= 0.3 is 0 Å². The van der Waals surface area contributed by atoms with E-state index >= 15 is 0 Å². The van der Waals surface area contributed by atoms with E-state index in [-0.39, 0.29) is 29.0 Å². The SMILES string of the molecule is C[C@@H]1CN(c2c(C=O)cc(/C=N/N3CCOCC3)c(F)c2F)C[C@H](C)O1. The van der Waals surface area contributed by atoms with Gasteiger partial charge in [-0.15, -0.1) is 0 Å². The van der Waals surface area contributed by atoms with Crippen LogP contribution in [-0.4, -0.2) is 69.1 Å². The van der Waals surface area contributed by atoms with Crippen molar-refractivity contribution < 1.29 is 23.0 Å². The topological polar surface area (TPSA) is 54.4 Å². The average molecular weight is 367 g/mol. The third kappa shape index (κ3) is 4.02. The summed E-state index contributed by atoms with van der Waals surface area (Å²) in [5.74, 6) is -2.03. The third-order valence-corrected chi connectivity index (χ3v) is 4.45. The van der Waals surface area contributed by atoms with Crippen LogP contribution in [0.5, 0.6) is 0 Å². The molecular formula is C18H23F2N3O3. The van der Waals surface area contributed by atoms with E-state index in [0.29, 0.717) is 45.7 Å². The molecular weight excluding hydrogens is 344 g/mol. The fourth-order valence-corrected chi connectivity index (χ4v) is 3.34. The molecule has 2 atom stereocenters. The fraction of sp³-hybridized carbons (Fsp3) is 0.556. The van der Waals surface area contributed by atoms with Gasteiger partial charge in [0.25, 0.3) is 0 Å². The number of aldehydes is 1. The summed E-state index contributed by atoms with van der Waals surface area (Å²) in [6.07, 6.45) is 1.53. The number of carbonyl (C=O) groups is 1. The maximum Gasteiger partial charge on any atom is 0.183 e. The van der Waals surface area contributed by atoms with Crippen LogP contribution in [-0.2, 0) is 9.47 Å². The van der Waals surface area contributed by atoms with Crippen LogP contribution in [0.3, 0.4) is 0 Å². The van der Waals surface area contributed by atoms with Crippen molar-refractivity contribution in [3.05, 3.63) is 28.8 Å². The summed E-state index contributed by atoms with van der Waals surface area (Å²) in [7, 11) is 0. The molecule has 2 aliphatic rings. The number of hydrazone groups is 1. The second-order valence-electron chi connectivity index (χ2n) is 6.62. The number of ether oxygens (including phenoxy) is 2. The molecule has 0 N–H and O–H groups in total. The Labute approximate surface area is 151 Å². The van der Waals surface area contributed by atoms with E-state index in [0.717, 1.165) is 0 Å². The normalized spacial score (nSPS) is 24.3. The highest BCUT2D eigenvalue weighted by molar-refractivity contribution is 5.90. The van der Waals surface area contributed by atoms with Crippen molar-refractivity contribution in [1.82, 2.24) is 5.01 Å². The van der Waals surface area contributed by atoms with Crippen molar-refractivity contribution in [3.63, 3.8) is 0 Å². The molecule has 0 spiro atoms. The van der Waals surface area contributed by atoms with Crippen LogP contribution in [0.2, 0.25) is 0 Å². The van der Waals surface area contributed by atoms with Crippen molar-refractivity contribution in [2.24, 2.45) is 5.10 Å². The summed E-state index contributed by atoms with van der Waals surface area (Å²) >= 11 is 0. The second-order valence-corrected chi connectivity index (χ2v) is 6.62. The number of halogens is 2. The molecule has 142 valence electrons. The van der Waals surface area contributed by atoms with Gasteiger partial charge in [-0.1, -0.05) is 0 Å². The van der Waals surface area contributed by atoms with E-state index in [2.05, 4.69) is 5.10 Å². The highest BCUT2D eigenvalue weighted by Gasteiger charge is 2.28. The Morgan fingerprint density at radius 2 is 1.77 bits per heavy atom. The van der Waals surface area contributed by atoms with Crippen LogP contribution in [0, 0.1) is 11.6 Å². The van der Waals surface area contributed by atoms with Gasteiger partial charge in [0.2, 0.25) is 0 Å². The summed E-state index contributed by atoms with van der Waals surface area (Å²) in [6, 6.07) is 1.34. The summed E-state index contributed by atoms with van der Waals surface area (Å²) < 4.78 is 40.2. The van der Waals surface area contributed by atoms with Gasteiger partial charge in [-0.25, -0.2) is 8.78 Å². The lowest BCUT2D eigenvalue weighted by Crippen LogP contribution is -2.46. The van der Waals surface area contributed by atoms with Crippen molar-refractivity contribution in [2.45, 2.75) is 26.1 Å². The number of hydrogen-bond acceptors (Lipinski definition) is 6. The standard InChI is InChI=1S/C18H23F2N3O3/c1-12-9-22(10-13(2)26-12)18-15(11-24)7-14(16(19)17(18)20)8-21-23-3-5-25-6-4-23/h7-8,11-13H,3-6,9-10H2,1-2H3/b21-8+/t12-,13+. The molecule has 26 heavy (non-hydrogen) atoms. The molecule has 0 bridgehead atoms. The predicted octanol–water partition coefficient (Wildman–Crippen LogP) is 2.06. The van der Waals surface area contributed by atoms with Crippen molar-refractivity contribution in [3.8, 4) is 0 Å². The Kier molecular flexibility index (Phi) is 5.83. The number of hydrogen-bond donors (Lipinski definition) is 0. The summed E-state index contributed by atoms with van der Waals surface area (Å²) in [5.41, 5.74) is 0.0471. The zero-order valence-corrected chi connectivity index (χ0v) is 15.0. The van der Waals surface area contributed by atoms with Crippen LogP contribution >= 0.6 is 0 Å². The number of rotatable bonds is 4. The van der Waals surface area contributed by atoms with Gasteiger partial charge in [0, 0.05) is 24.2 Å². The van der Waals surface area contributed by atoms with Crippen molar-refractivity contribution in [2.75, 3.05) is 44.3 Å². The number of anilines is 1. The van der Waals surface area contributed by atoms with Gasteiger partial charge < -0.3 is 14.4 Å². The second kappa shape index (κ2) is 8.09. The molecule has 0 radical (unpaired) electrons. The molecule has 1 aromatic carbocycles. The van der Waals surface area contributed by atoms with Crippen LogP contribution in [0.15, 0.2) is 11.2 Å². The molecule has 0 aromatic heterocycles. The summed E-state index contributed by atoms with van der Waals surface area (Å²) in [6.45, 7) is 6.76. The highest BCUT2D eigenvalue weighted by Crippen LogP contribution is 2.30. The van der Waals surface area contributed by atoms with Gasteiger partial charge in [0.1, 0.15) is 0 Å². The first-order chi connectivity index (χ1) is 12.5. The zero-order valence-electron chi connectivity index (χ0n) is 15.0. The van der Waals surface area contributed by atoms with Gasteiger partial charge in [-0.2, -0.15) is 5.10 Å². The lowest BCUT2D eigenvalue weighted by atomic mass is 10.1. The molecule has 0 unspecified atom stereocenters. The van der Waals surface area contributed by atoms with Gasteiger partial charge in [-0.05, 0) is 19.9 Å². The predicted molar refractivity (Wildman–Crippen MR) is 94.0 cm³/mol. The Bertz CT molecular complexity index is 683. The molecule has 0 saturated carbocycles. The first kappa shape index (κ1) is 18.7. The maximum atomic E-state index is 14.8. The van der Waals surface area contributed by atoms with Gasteiger partial charge in [-0.3, -0.25) is 9.80 Å². The quantitative estimate of drug-likeness (QED) is 0.602. The van der Waals surface area contributed by atoms with E-state index in [1.165, 1.54) is 12.3 Å². The number of morpholine rings is 2. The zero-order chi connectivity index (χ0) is 18.7. The molecule has 2 aliphatic heterocycles. The van der Waals surface area contributed by atoms with Crippen LogP contribution in [0.4, 0.5) is 14.5 Å². The molecule has 0 aliphatic carbocycles. The Hall–Kier alpha value is -2.06. The van der Waals surface area contributed by atoms with E-state index in [4.69, 9.17) is 9.47 Å². The maximum absolute atomic E-state index is 14.8. The summed E-state index contributed by atoms with van der Waals surface area (Å²) in [4.78, 5) is 13.2. The Morgan fingerprint density at radius 1 is 1.12 bits per heavy atom. The van der Waals surface area contributed by atoms with E-state index in [9.17, 15) is 13.6 Å². The molecule has 6 nitrogen and oxygen atoms in total. The monoisotopic (exact) mass is 367 g/mol. The molecule has 2 fully saturated rings. The van der Waals surface area contributed by atoms with Crippen molar-refractivity contribution in [1.29, 1.82) is 0 Å². The smallest absolute Gasteiger partial charge is 0.183 e. The molecule has 2 saturated heterocycles. The number of carbonyl (C=O) groups excluding carboxylic acids is 1. The molecule has 2 heterocycles. The lowest BCUT2D eigenvalue weighted by molar-refractivity contribution is -0.00547. The Balaban J connectivity index is 1.91. The first-order valence-corrected chi connectivity index (χ1v) is 8.74. The van der Waals surface area contributed by atoms with E-state index in [1.807, 2.05) is 13.8 Å². The first-order valence-electron chi connectivity index (χ1n) is 8.74.